The van der Waals surface area contributed by atoms with E-state index in [1.54, 1.807) is 0 Å². The van der Waals surface area contributed by atoms with Gasteiger partial charge < -0.3 is 0 Å². The van der Waals surface area contributed by atoms with Crippen molar-refractivity contribution in [3.05, 3.63) is 40.4 Å². The third-order valence-electron chi connectivity index (χ3n) is 2.83. The summed E-state index contributed by atoms with van der Waals surface area (Å²) in [6.07, 6.45) is 4.44. The molecule has 1 nitrogen and oxygen atoms in total. The molecule has 1 aromatic carbocycles. The Morgan fingerprint density at radius 3 is 2.62 bits per heavy atom. The fourth-order valence-electron chi connectivity index (χ4n) is 1.85. The average molecular weight is 300 g/mol. The van der Waals surface area contributed by atoms with Crippen LogP contribution in [0.1, 0.15) is 18.4 Å². The highest BCUT2D eigenvalue weighted by Crippen LogP contribution is 2.22. The summed E-state index contributed by atoms with van der Waals surface area (Å²) in [6, 6.07) is 8.07. The van der Waals surface area contributed by atoms with Crippen LogP contribution >= 0.6 is 27.5 Å². The minimum absolute atomic E-state index is 0.816. The molecule has 0 saturated carbocycles. The molecule has 0 atom stereocenters. The van der Waals surface area contributed by atoms with Gasteiger partial charge in [0.05, 0.1) is 5.03 Å². The number of hydrogen-bond acceptors (Lipinski definition) is 0. The van der Waals surface area contributed by atoms with Gasteiger partial charge in [-0.3, -0.25) is 0 Å². The van der Waals surface area contributed by atoms with Crippen LogP contribution < -0.4 is 0 Å². The van der Waals surface area contributed by atoms with E-state index in [-0.39, 0.29) is 0 Å². The molecule has 0 N–H and O–H groups in total. The zero-order valence-electron chi connectivity index (χ0n) is 9.21. The quantitative estimate of drug-likeness (QED) is 0.729. The molecule has 16 heavy (non-hydrogen) atoms. The fourth-order valence-corrected chi connectivity index (χ4v) is 2.37. The third kappa shape index (κ3) is 2.74. The highest BCUT2D eigenvalue weighted by atomic mass is 79.9. The van der Waals surface area contributed by atoms with Crippen molar-refractivity contribution in [1.82, 2.24) is 0 Å². The lowest BCUT2D eigenvalue weighted by atomic mass is 10.1. The first kappa shape index (κ1) is 11.9. The molecule has 1 aliphatic heterocycles. The summed E-state index contributed by atoms with van der Waals surface area (Å²) in [7, 11) is 2.12. The smallest absolute Gasteiger partial charge is 0.177 e. The Bertz CT molecular complexity index is 446. The highest BCUT2D eigenvalue weighted by Gasteiger charge is 2.16. The van der Waals surface area contributed by atoms with E-state index >= 15 is 0 Å². The van der Waals surface area contributed by atoms with Crippen molar-refractivity contribution >= 4 is 38.3 Å². The normalized spacial score (nSPS) is 17.1. The molecular formula is C13H14BrClN+. The van der Waals surface area contributed by atoms with Crippen LogP contribution in [0.2, 0.25) is 0 Å². The van der Waals surface area contributed by atoms with E-state index in [0.29, 0.717) is 0 Å². The molecule has 3 heteroatoms. The van der Waals surface area contributed by atoms with E-state index in [9.17, 15) is 0 Å². The van der Waals surface area contributed by atoms with Gasteiger partial charge in [0, 0.05) is 23.4 Å². The van der Waals surface area contributed by atoms with Crippen molar-refractivity contribution < 1.29 is 4.58 Å². The number of allylic oxidation sites excluding steroid dienone is 1. The standard InChI is InChI=1S/C13H14BrClN/c1-16-8-2-3-12(16)9-13(15)10-4-6-11(14)7-5-10/h4-7,9H,2-3,8H2,1H3/q+1/b13-9-. The fraction of sp³-hybridized carbons (Fsp3) is 0.308. The Morgan fingerprint density at radius 1 is 1.38 bits per heavy atom. The second kappa shape index (κ2) is 5.15. The van der Waals surface area contributed by atoms with Crippen molar-refractivity contribution in [2.24, 2.45) is 0 Å². The van der Waals surface area contributed by atoms with Crippen molar-refractivity contribution in [3.8, 4) is 0 Å². The van der Waals surface area contributed by atoms with Crippen LogP contribution in [0.3, 0.4) is 0 Å². The Hall–Kier alpha value is -0.600. The van der Waals surface area contributed by atoms with Gasteiger partial charge in [-0.15, -0.1) is 0 Å². The van der Waals surface area contributed by atoms with Gasteiger partial charge in [-0.25, -0.2) is 4.58 Å². The topological polar surface area (TPSA) is 3.01 Å². The van der Waals surface area contributed by atoms with Crippen LogP contribution in [0.15, 0.2) is 34.8 Å². The van der Waals surface area contributed by atoms with E-state index in [0.717, 1.165) is 28.0 Å². The zero-order chi connectivity index (χ0) is 11.5. The second-order valence-corrected chi connectivity index (χ2v) is 5.34. The molecule has 1 aliphatic rings. The number of nitrogens with zero attached hydrogens (tertiary/aromatic N) is 1. The maximum Gasteiger partial charge on any atom is 0.177 e. The first-order valence-electron chi connectivity index (χ1n) is 5.37. The molecule has 0 radical (unpaired) electrons. The third-order valence-corrected chi connectivity index (χ3v) is 3.69. The number of halogens is 2. The molecule has 0 spiro atoms. The van der Waals surface area contributed by atoms with E-state index in [1.807, 2.05) is 24.3 Å². The van der Waals surface area contributed by atoms with Crippen molar-refractivity contribution in [2.45, 2.75) is 12.8 Å². The molecule has 1 aromatic rings. The van der Waals surface area contributed by atoms with E-state index in [2.05, 4.69) is 33.6 Å². The number of benzene rings is 1. The molecule has 0 fully saturated rings. The first-order valence-corrected chi connectivity index (χ1v) is 6.54. The van der Waals surface area contributed by atoms with E-state index < -0.39 is 0 Å². The maximum atomic E-state index is 6.30. The molecule has 0 amide bonds. The molecule has 84 valence electrons. The lowest BCUT2D eigenvalue weighted by molar-refractivity contribution is -0.487. The lowest BCUT2D eigenvalue weighted by Gasteiger charge is -1.99. The van der Waals surface area contributed by atoms with Crippen LogP contribution in [-0.4, -0.2) is 23.9 Å². The Morgan fingerprint density at radius 2 is 2.06 bits per heavy atom. The average Bonchev–Trinajstić information content (AvgIpc) is 2.65. The SMILES string of the molecule is C[N+]1=C(/C=C(\Cl)c2ccc(Br)cc2)CCC1. The van der Waals surface area contributed by atoms with Gasteiger partial charge in [-0.05, 0) is 17.7 Å². The van der Waals surface area contributed by atoms with E-state index in [4.69, 9.17) is 11.6 Å². The van der Waals surface area contributed by atoms with Gasteiger partial charge in [-0.1, -0.05) is 39.7 Å². The molecule has 0 saturated heterocycles. The Balaban J connectivity index is 2.24. The van der Waals surface area contributed by atoms with Crippen LogP contribution in [0.25, 0.3) is 5.03 Å². The van der Waals surface area contributed by atoms with Crippen LogP contribution in [0.5, 0.6) is 0 Å². The van der Waals surface area contributed by atoms with Gasteiger partial charge in [0.25, 0.3) is 0 Å². The van der Waals surface area contributed by atoms with E-state index in [1.165, 1.54) is 12.1 Å². The number of hydrogen-bond donors (Lipinski definition) is 0. The first-order chi connectivity index (χ1) is 7.66. The van der Waals surface area contributed by atoms with Crippen LogP contribution in [0, 0.1) is 0 Å². The summed E-state index contributed by atoms with van der Waals surface area (Å²) >= 11 is 9.72. The monoisotopic (exact) mass is 298 g/mol. The molecule has 0 aromatic heterocycles. The Labute approximate surface area is 110 Å². The zero-order valence-corrected chi connectivity index (χ0v) is 11.6. The summed E-state index contributed by atoms with van der Waals surface area (Å²) in [5, 5.41) is 0.816. The predicted octanol–water partition coefficient (Wildman–Crippen LogP) is 3.91. The minimum Gasteiger partial charge on any atom is -0.236 e. The summed E-state index contributed by atoms with van der Waals surface area (Å²) in [5.74, 6) is 0. The van der Waals surface area contributed by atoms with Gasteiger partial charge in [0.2, 0.25) is 0 Å². The second-order valence-electron chi connectivity index (χ2n) is 4.02. The van der Waals surface area contributed by atoms with Gasteiger partial charge in [-0.2, -0.15) is 0 Å². The molecule has 0 aliphatic carbocycles. The Kier molecular flexibility index (Phi) is 3.82. The van der Waals surface area contributed by atoms with Gasteiger partial charge >= 0.3 is 0 Å². The maximum absolute atomic E-state index is 6.30. The molecule has 2 rings (SSSR count). The molecule has 1 heterocycles. The van der Waals surface area contributed by atoms with Gasteiger partial charge in [0.1, 0.15) is 13.6 Å². The summed E-state index contributed by atoms with van der Waals surface area (Å²) in [4.78, 5) is 0. The summed E-state index contributed by atoms with van der Waals surface area (Å²) in [5.41, 5.74) is 2.39. The largest absolute Gasteiger partial charge is 0.236 e. The molecular weight excluding hydrogens is 286 g/mol. The summed E-state index contributed by atoms with van der Waals surface area (Å²) in [6.45, 7) is 1.14. The molecule has 0 unspecified atom stereocenters. The molecule has 0 bridgehead atoms. The van der Waals surface area contributed by atoms with Crippen LogP contribution in [0.4, 0.5) is 0 Å². The highest BCUT2D eigenvalue weighted by molar-refractivity contribution is 9.10. The van der Waals surface area contributed by atoms with Gasteiger partial charge in [0.15, 0.2) is 5.71 Å². The summed E-state index contributed by atoms with van der Waals surface area (Å²) < 4.78 is 3.34. The van der Waals surface area contributed by atoms with Crippen molar-refractivity contribution in [2.75, 3.05) is 13.6 Å². The van der Waals surface area contributed by atoms with Crippen molar-refractivity contribution in [1.29, 1.82) is 0 Å². The number of rotatable bonds is 2. The minimum atomic E-state index is 0.816. The van der Waals surface area contributed by atoms with Crippen LogP contribution in [-0.2, 0) is 0 Å². The lowest BCUT2D eigenvalue weighted by Crippen LogP contribution is -2.06. The van der Waals surface area contributed by atoms with Crippen molar-refractivity contribution in [3.63, 3.8) is 0 Å². The predicted molar refractivity (Wildman–Crippen MR) is 73.3 cm³/mol.